The third-order valence-electron chi connectivity index (χ3n) is 2.67. The first-order chi connectivity index (χ1) is 8.93. The van der Waals surface area contributed by atoms with Gasteiger partial charge in [0.25, 0.3) is 0 Å². The van der Waals surface area contributed by atoms with Crippen molar-refractivity contribution >= 4 is 101 Å². The van der Waals surface area contributed by atoms with E-state index in [-0.39, 0.29) is 4.83 Å². The summed E-state index contributed by atoms with van der Waals surface area (Å²) < 4.78 is 7.47. The van der Waals surface area contributed by atoms with Crippen molar-refractivity contribution in [3.05, 3.63) is 49.3 Å². The molecule has 0 saturated carbocycles. The van der Waals surface area contributed by atoms with Crippen LogP contribution in [0.4, 0.5) is 0 Å². The molecule has 0 spiro atoms. The molecule has 2 rings (SSSR count). The van der Waals surface area contributed by atoms with Crippen LogP contribution in [0.5, 0.6) is 0 Å². The molecule has 0 saturated heterocycles. The van der Waals surface area contributed by atoms with Gasteiger partial charge in [0.05, 0.1) is 9.31 Å². The monoisotopic (exact) mass is 640 g/mol. The molecule has 0 heterocycles. The van der Waals surface area contributed by atoms with Crippen LogP contribution in [0.2, 0.25) is 0 Å². The molecule has 0 amide bonds. The van der Waals surface area contributed by atoms with Crippen molar-refractivity contribution in [2.75, 3.05) is 0 Å². The number of alkyl halides is 2. The summed E-state index contributed by atoms with van der Waals surface area (Å²) in [4.78, 5) is -0.0924. The van der Waals surface area contributed by atoms with Gasteiger partial charge in [0, 0.05) is 14.5 Å². The molecular formula is C12H6Br6O. The fourth-order valence-corrected chi connectivity index (χ4v) is 6.64. The van der Waals surface area contributed by atoms with Crippen molar-refractivity contribution in [1.82, 2.24) is 0 Å². The molecular weight excluding hydrogens is 640 g/mol. The first-order valence-electron chi connectivity index (χ1n) is 5.07. The normalized spacial score (nSPS) is 28.0. The zero-order valence-electron chi connectivity index (χ0n) is 9.14. The number of halogens is 6. The van der Waals surface area contributed by atoms with Gasteiger partial charge in [-0.1, -0.05) is 78.1 Å². The molecule has 19 heavy (non-hydrogen) atoms. The Hall–Kier alpha value is 1.54. The highest BCUT2D eigenvalue weighted by atomic mass is 79.9. The predicted octanol–water partition coefficient (Wildman–Crippen LogP) is 6.99. The Morgan fingerprint density at radius 3 is 2.16 bits per heavy atom. The van der Waals surface area contributed by atoms with Crippen molar-refractivity contribution in [3.63, 3.8) is 0 Å². The average Bonchev–Trinajstić information content (AvgIpc) is 2.44. The number of rotatable bonds is 2. The molecule has 1 nitrogen and oxygen atoms in total. The second-order valence-corrected chi connectivity index (χ2v) is 8.66. The summed E-state index contributed by atoms with van der Waals surface area (Å²) in [6.07, 6.45) is 0. The standard InChI is InChI=1S/C12H6Br6O/c13-8-7(6-4-2-1-3-5-6)9(14)11(16)12(17,19-18)10(8)15/h1-5,10H. The van der Waals surface area contributed by atoms with E-state index in [2.05, 4.69) is 108 Å². The Bertz CT molecular complexity index is 553. The maximum atomic E-state index is 5.41. The molecule has 0 aromatic heterocycles. The van der Waals surface area contributed by atoms with Gasteiger partial charge >= 0.3 is 0 Å². The molecule has 7 heteroatoms. The fraction of sp³-hybridized carbons (Fsp3) is 0.167. The smallest absolute Gasteiger partial charge is 0.186 e. The first-order valence-corrected chi connectivity index (χ1v) is 9.81. The summed E-state index contributed by atoms with van der Waals surface area (Å²) in [5.41, 5.74) is 2.20. The van der Waals surface area contributed by atoms with Crippen LogP contribution in [-0.2, 0) is 3.83 Å². The molecule has 0 radical (unpaired) electrons. The maximum Gasteiger partial charge on any atom is 0.186 e. The maximum absolute atomic E-state index is 5.41. The summed E-state index contributed by atoms with van der Waals surface area (Å²) in [6, 6.07) is 10.1. The van der Waals surface area contributed by atoms with Gasteiger partial charge in [-0.3, -0.25) is 3.83 Å². The van der Waals surface area contributed by atoms with Crippen LogP contribution in [0.1, 0.15) is 5.56 Å². The summed E-state index contributed by atoms with van der Waals surface area (Å²) >= 11 is 21.2. The third kappa shape index (κ3) is 3.03. The number of hydrogen-bond acceptors (Lipinski definition) is 1. The zero-order valence-corrected chi connectivity index (χ0v) is 18.7. The molecule has 1 aromatic rings. The molecule has 1 aliphatic rings. The molecule has 2 unspecified atom stereocenters. The minimum Gasteiger partial charge on any atom is -0.282 e. The Kier molecular flexibility index (Phi) is 6.01. The number of allylic oxidation sites excluding steroid dienone is 2. The Morgan fingerprint density at radius 1 is 1.05 bits per heavy atom. The lowest BCUT2D eigenvalue weighted by molar-refractivity contribution is 0.292. The summed E-state index contributed by atoms with van der Waals surface area (Å²) in [7, 11) is 0. The SMILES string of the molecule is BrOC1(Br)C(Br)=C(Br)C(c2ccccc2)=C(Br)C1Br. The van der Waals surface area contributed by atoms with Gasteiger partial charge in [-0.25, -0.2) is 0 Å². The van der Waals surface area contributed by atoms with E-state index >= 15 is 0 Å². The molecule has 1 aromatic carbocycles. The molecule has 0 N–H and O–H groups in total. The summed E-state index contributed by atoms with van der Waals surface area (Å²) in [5, 5.41) is 0. The van der Waals surface area contributed by atoms with Crippen molar-refractivity contribution < 1.29 is 3.83 Å². The first kappa shape index (κ1) is 16.9. The minimum absolute atomic E-state index is 0.0924. The molecule has 1 aliphatic carbocycles. The van der Waals surface area contributed by atoms with Crippen LogP contribution in [-0.4, -0.2) is 9.34 Å². The highest BCUT2D eigenvalue weighted by Gasteiger charge is 2.46. The molecule has 0 aliphatic heterocycles. The van der Waals surface area contributed by atoms with Gasteiger partial charge in [-0.15, -0.1) is 0 Å². The van der Waals surface area contributed by atoms with Crippen LogP contribution in [0, 0.1) is 0 Å². The van der Waals surface area contributed by atoms with E-state index < -0.39 is 4.51 Å². The highest BCUT2D eigenvalue weighted by Crippen LogP contribution is 2.55. The van der Waals surface area contributed by atoms with Crippen LogP contribution >= 0.6 is 95.9 Å². The van der Waals surface area contributed by atoms with Gasteiger partial charge in [0.15, 0.2) is 4.51 Å². The van der Waals surface area contributed by atoms with Crippen molar-refractivity contribution in [3.8, 4) is 0 Å². The van der Waals surface area contributed by atoms with Gasteiger partial charge in [0.2, 0.25) is 0 Å². The van der Waals surface area contributed by atoms with Gasteiger partial charge in [-0.05, 0) is 37.4 Å². The van der Waals surface area contributed by atoms with Crippen LogP contribution in [0.15, 0.2) is 43.8 Å². The minimum atomic E-state index is -0.719. The second-order valence-electron chi connectivity index (χ2n) is 3.80. The van der Waals surface area contributed by atoms with E-state index in [1.807, 2.05) is 18.2 Å². The quantitative estimate of drug-likeness (QED) is 0.316. The van der Waals surface area contributed by atoms with E-state index in [4.69, 9.17) is 3.83 Å². The van der Waals surface area contributed by atoms with E-state index in [1.54, 1.807) is 0 Å². The predicted molar refractivity (Wildman–Crippen MR) is 102 cm³/mol. The fourth-order valence-electron chi connectivity index (χ4n) is 1.71. The third-order valence-corrected chi connectivity index (χ3v) is 10.7. The van der Waals surface area contributed by atoms with Crippen LogP contribution in [0.3, 0.4) is 0 Å². The van der Waals surface area contributed by atoms with Crippen molar-refractivity contribution in [2.24, 2.45) is 0 Å². The van der Waals surface area contributed by atoms with Gasteiger partial charge in [0.1, 0.15) is 16.3 Å². The second kappa shape index (κ2) is 6.75. The van der Waals surface area contributed by atoms with Crippen molar-refractivity contribution in [1.29, 1.82) is 0 Å². The Labute approximate surface area is 162 Å². The highest BCUT2D eigenvalue weighted by molar-refractivity contribution is 9.17. The Balaban J connectivity index is 2.64. The van der Waals surface area contributed by atoms with E-state index in [9.17, 15) is 0 Å². The molecule has 0 fully saturated rings. The molecule has 102 valence electrons. The number of benzene rings is 1. The van der Waals surface area contributed by atoms with E-state index in [0.717, 1.165) is 24.6 Å². The Morgan fingerprint density at radius 2 is 1.63 bits per heavy atom. The molecule has 0 bridgehead atoms. The van der Waals surface area contributed by atoms with Gasteiger partial charge in [-0.2, -0.15) is 0 Å². The number of hydrogen-bond donors (Lipinski definition) is 0. The zero-order chi connectivity index (χ0) is 14.2. The lowest BCUT2D eigenvalue weighted by Crippen LogP contribution is -2.36. The van der Waals surface area contributed by atoms with Crippen molar-refractivity contribution in [2.45, 2.75) is 9.34 Å². The van der Waals surface area contributed by atoms with E-state index in [1.165, 1.54) is 0 Å². The largest absolute Gasteiger partial charge is 0.282 e. The summed E-state index contributed by atoms with van der Waals surface area (Å²) in [5.74, 6) is 0. The van der Waals surface area contributed by atoms with Crippen LogP contribution in [0.25, 0.3) is 5.57 Å². The van der Waals surface area contributed by atoms with E-state index in [0.29, 0.717) is 0 Å². The average molecular weight is 646 g/mol. The lowest BCUT2D eigenvalue weighted by atomic mass is 9.98. The van der Waals surface area contributed by atoms with Gasteiger partial charge < -0.3 is 0 Å². The topological polar surface area (TPSA) is 9.23 Å². The molecule has 2 atom stereocenters. The summed E-state index contributed by atoms with van der Waals surface area (Å²) in [6.45, 7) is 0. The van der Waals surface area contributed by atoms with Crippen LogP contribution < -0.4 is 0 Å². The lowest BCUT2D eigenvalue weighted by Gasteiger charge is -2.35.